The van der Waals surface area contributed by atoms with Crippen LogP contribution in [-0.2, 0) is 0 Å². The highest BCUT2D eigenvalue weighted by atomic mass is 14.0. The summed E-state index contributed by atoms with van der Waals surface area (Å²) in [6.45, 7) is 10.4. The Bertz CT molecular complexity index is 282. The Morgan fingerprint density at radius 1 is 1.33 bits per heavy atom. The first kappa shape index (κ1) is 9.05. The van der Waals surface area contributed by atoms with Crippen molar-refractivity contribution in [2.75, 3.05) is 0 Å². The molecule has 1 rings (SSSR count). The van der Waals surface area contributed by atoms with Crippen molar-refractivity contribution in [2.45, 2.75) is 26.7 Å². The van der Waals surface area contributed by atoms with Gasteiger partial charge in [0.2, 0.25) is 0 Å². The fourth-order valence-corrected chi connectivity index (χ4v) is 1.16. The van der Waals surface area contributed by atoms with E-state index in [1.165, 1.54) is 11.1 Å². The van der Waals surface area contributed by atoms with E-state index in [9.17, 15) is 0 Å². The topological polar surface area (TPSA) is 0 Å². The SMILES string of the molecule is C=C(C)c1cccc(C(C)C)c1. The van der Waals surface area contributed by atoms with Gasteiger partial charge in [0.05, 0.1) is 0 Å². The molecule has 0 unspecified atom stereocenters. The third-order valence-electron chi connectivity index (χ3n) is 2.05. The third kappa shape index (κ3) is 1.97. The van der Waals surface area contributed by atoms with Crippen LogP contribution in [0.5, 0.6) is 0 Å². The summed E-state index contributed by atoms with van der Waals surface area (Å²) in [5, 5.41) is 0. The van der Waals surface area contributed by atoms with Gasteiger partial charge in [-0.05, 0) is 24.0 Å². The number of benzene rings is 1. The zero-order valence-electron chi connectivity index (χ0n) is 8.09. The van der Waals surface area contributed by atoms with E-state index in [4.69, 9.17) is 0 Å². The Kier molecular flexibility index (Phi) is 2.69. The van der Waals surface area contributed by atoms with Gasteiger partial charge in [-0.15, -0.1) is 0 Å². The molecule has 0 amide bonds. The molecule has 0 saturated carbocycles. The van der Waals surface area contributed by atoms with Gasteiger partial charge in [0.1, 0.15) is 0 Å². The van der Waals surface area contributed by atoms with Crippen molar-refractivity contribution in [3.8, 4) is 0 Å². The summed E-state index contributed by atoms with van der Waals surface area (Å²) in [5.41, 5.74) is 3.77. The van der Waals surface area contributed by atoms with Crippen molar-refractivity contribution in [2.24, 2.45) is 0 Å². The van der Waals surface area contributed by atoms with Gasteiger partial charge in [-0.2, -0.15) is 0 Å². The summed E-state index contributed by atoms with van der Waals surface area (Å²) >= 11 is 0. The maximum Gasteiger partial charge on any atom is -0.0219 e. The van der Waals surface area contributed by atoms with Crippen molar-refractivity contribution >= 4 is 5.57 Å². The van der Waals surface area contributed by atoms with Crippen LogP contribution in [0.1, 0.15) is 37.8 Å². The first-order chi connectivity index (χ1) is 5.61. The van der Waals surface area contributed by atoms with Crippen molar-refractivity contribution in [1.29, 1.82) is 0 Å². The van der Waals surface area contributed by atoms with Crippen LogP contribution < -0.4 is 0 Å². The van der Waals surface area contributed by atoms with Crippen LogP contribution in [0.2, 0.25) is 0 Å². The van der Waals surface area contributed by atoms with E-state index in [1.54, 1.807) is 0 Å². The molecule has 0 radical (unpaired) electrons. The van der Waals surface area contributed by atoms with Gasteiger partial charge in [-0.25, -0.2) is 0 Å². The van der Waals surface area contributed by atoms with E-state index >= 15 is 0 Å². The minimum Gasteiger partial charge on any atom is -0.0955 e. The highest BCUT2D eigenvalue weighted by molar-refractivity contribution is 5.61. The molecule has 1 aromatic rings. The summed E-state index contributed by atoms with van der Waals surface area (Å²) in [6.07, 6.45) is 0. The van der Waals surface area contributed by atoms with Gasteiger partial charge < -0.3 is 0 Å². The normalized spacial score (nSPS) is 10.3. The summed E-state index contributed by atoms with van der Waals surface area (Å²) < 4.78 is 0. The molecule has 0 N–H and O–H groups in total. The lowest BCUT2D eigenvalue weighted by atomic mass is 9.99. The Labute approximate surface area is 74.9 Å². The van der Waals surface area contributed by atoms with Crippen LogP contribution >= 0.6 is 0 Å². The van der Waals surface area contributed by atoms with Gasteiger partial charge in [0.25, 0.3) is 0 Å². The summed E-state index contributed by atoms with van der Waals surface area (Å²) in [4.78, 5) is 0. The molecule has 0 heteroatoms. The van der Waals surface area contributed by atoms with Gasteiger partial charge in [-0.3, -0.25) is 0 Å². The van der Waals surface area contributed by atoms with Crippen LogP contribution in [-0.4, -0.2) is 0 Å². The lowest BCUT2D eigenvalue weighted by Crippen LogP contribution is -1.88. The van der Waals surface area contributed by atoms with E-state index in [2.05, 4.69) is 44.7 Å². The molecule has 0 spiro atoms. The Hall–Kier alpha value is -1.04. The third-order valence-corrected chi connectivity index (χ3v) is 2.05. The molecule has 0 saturated heterocycles. The number of rotatable bonds is 2. The number of hydrogen-bond donors (Lipinski definition) is 0. The van der Waals surface area contributed by atoms with Gasteiger partial charge in [-0.1, -0.05) is 50.3 Å². The molecule has 0 aliphatic carbocycles. The second-order valence-corrected chi connectivity index (χ2v) is 3.56. The van der Waals surface area contributed by atoms with Gasteiger partial charge in [0, 0.05) is 0 Å². The molecule has 0 fully saturated rings. The summed E-state index contributed by atoms with van der Waals surface area (Å²) in [6, 6.07) is 8.58. The molecule has 0 heterocycles. The van der Waals surface area contributed by atoms with Crippen LogP contribution in [0.25, 0.3) is 5.57 Å². The van der Waals surface area contributed by atoms with Crippen LogP contribution in [0, 0.1) is 0 Å². The Morgan fingerprint density at radius 3 is 2.50 bits per heavy atom. The maximum atomic E-state index is 3.93. The minimum atomic E-state index is 0.601. The maximum absolute atomic E-state index is 3.93. The van der Waals surface area contributed by atoms with Crippen LogP contribution in [0.3, 0.4) is 0 Å². The Morgan fingerprint density at radius 2 is 2.00 bits per heavy atom. The standard InChI is InChI=1S/C12H16/c1-9(2)11-6-5-7-12(8-11)10(3)4/h5-8,10H,1H2,2-4H3. The van der Waals surface area contributed by atoms with E-state index in [0.29, 0.717) is 5.92 Å². The molecule has 12 heavy (non-hydrogen) atoms. The average molecular weight is 160 g/mol. The molecule has 0 aliphatic heterocycles. The predicted molar refractivity (Wildman–Crippen MR) is 55.2 cm³/mol. The predicted octanol–water partition coefficient (Wildman–Crippen LogP) is 3.84. The van der Waals surface area contributed by atoms with Crippen molar-refractivity contribution in [3.05, 3.63) is 42.0 Å². The first-order valence-electron chi connectivity index (χ1n) is 4.37. The molecule has 1 aromatic carbocycles. The number of allylic oxidation sites excluding steroid dienone is 1. The second-order valence-electron chi connectivity index (χ2n) is 3.56. The highest BCUT2D eigenvalue weighted by Gasteiger charge is 1.99. The largest absolute Gasteiger partial charge is 0.0955 e. The number of hydrogen-bond acceptors (Lipinski definition) is 0. The molecule has 0 nitrogen and oxygen atoms in total. The second kappa shape index (κ2) is 3.57. The highest BCUT2D eigenvalue weighted by Crippen LogP contribution is 2.19. The minimum absolute atomic E-state index is 0.601. The zero-order valence-corrected chi connectivity index (χ0v) is 8.09. The van der Waals surface area contributed by atoms with E-state index < -0.39 is 0 Å². The average Bonchev–Trinajstić information content (AvgIpc) is 2.04. The molecular formula is C12H16. The Balaban J connectivity index is 3.04. The van der Waals surface area contributed by atoms with Gasteiger partial charge >= 0.3 is 0 Å². The van der Waals surface area contributed by atoms with Gasteiger partial charge in [0.15, 0.2) is 0 Å². The molecular weight excluding hydrogens is 144 g/mol. The smallest absolute Gasteiger partial charge is 0.0219 e. The van der Waals surface area contributed by atoms with Crippen molar-refractivity contribution in [1.82, 2.24) is 0 Å². The first-order valence-corrected chi connectivity index (χ1v) is 4.37. The van der Waals surface area contributed by atoms with Crippen LogP contribution in [0.15, 0.2) is 30.8 Å². The van der Waals surface area contributed by atoms with Crippen LogP contribution in [0.4, 0.5) is 0 Å². The molecule has 0 bridgehead atoms. The van der Waals surface area contributed by atoms with E-state index in [1.807, 2.05) is 6.92 Å². The van der Waals surface area contributed by atoms with Crippen molar-refractivity contribution in [3.63, 3.8) is 0 Å². The molecule has 0 atom stereocenters. The lowest BCUT2D eigenvalue weighted by molar-refractivity contribution is 0.866. The van der Waals surface area contributed by atoms with E-state index in [-0.39, 0.29) is 0 Å². The lowest BCUT2D eigenvalue weighted by Gasteiger charge is -2.07. The zero-order chi connectivity index (χ0) is 9.14. The monoisotopic (exact) mass is 160 g/mol. The molecule has 0 aliphatic rings. The summed E-state index contributed by atoms with van der Waals surface area (Å²) in [5.74, 6) is 0.601. The molecule has 0 aromatic heterocycles. The van der Waals surface area contributed by atoms with E-state index in [0.717, 1.165) is 5.57 Å². The fraction of sp³-hybridized carbons (Fsp3) is 0.333. The summed E-state index contributed by atoms with van der Waals surface area (Å²) in [7, 11) is 0. The quantitative estimate of drug-likeness (QED) is 0.616. The van der Waals surface area contributed by atoms with Crippen molar-refractivity contribution < 1.29 is 0 Å². The fourth-order valence-electron chi connectivity index (χ4n) is 1.16. The molecule has 64 valence electrons.